The lowest BCUT2D eigenvalue weighted by molar-refractivity contribution is -0.126. The van der Waals surface area contributed by atoms with E-state index in [9.17, 15) is 4.79 Å². The van der Waals surface area contributed by atoms with Crippen LogP contribution in [0.1, 0.15) is 42.6 Å². The zero-order valence-corrected chi connectivity index (χ0v) is 13.6. The van der Waals surface area contributed by atoms with Gasteiger partial charge in [-0.05, 0) is 29.5 Å². The van der Waals surface area contributed by atoms with E-state index >= 15 is 0 Å². The Morgan fingerprint density at radius 3 is 2.32 bits per heavy atom. The van der Waals surface area contributed by atoms with E-state index < -0.39 is 6.10 Å². The van der Waals surface area contributed by atoms with Crippen LogP contribution in [0.3, 0.4) is 0 Å². The molecular formula is C19H23NO2. The number of ether oxygens (including phenoxy) is 1. The van der Waals surface area contributed by atoms with Crippen molar-refractivity contribution in [2.24, 2.45) is 0 Å². The number of hydrogen-bond acceptors (Lipinski definition) is 2. The van der Waals surface area contributed by atoms with Gasteiger partial charge in [-0.15, -0.1) is 0 Å². The van der Waals surface area contributed by atoms with Gasteiger partial charge in [0.2, 0.25) is 0 Å². The van der Waals surface area contributed by atoms with Crippen LogP contribution in [-0.2, 0) is 9.53 Å². The highest BCUT2D eigenvalue weighted by molar-refractivity contribution is 5.96. The zero-order valence-electron chi connectivity index (χ0n) is 13.6. The van der Waals surface area contributed by atoms with E-state index in [4.69, 9.17) is 4.74 Å². The topological polar surface area (TPSA) is 38.3 Å². The van der Waals surface area contributed by atoms with E-state index in [-0.39, 0.29) is 5.91 Å². The maximum Gasteiger partial charge on any atom is 0.258 e. The number of rotatable bonds is 5. The van der Waals surface area contributed by atoms with E-state index in [0.29, 0.717) is 5.92 Å². The highest BCUT2D eigenvalue weighted by atomic mass is 16.5. The van der Waals surface area contributed by atoms with Crippen LogP contribution in [0, 0.1) is 6.92 Å². The third-order valence-corrected chi connectivity index (χ3v) is 3.75. The van der Waals surface area contributed by atoms with Crippen molar-refractivity contribution in [3.8, 4) is 0 Å². The first kappa shape index (κ1) is 16.2. The van der Waals surface area contributed by atoms with Gasteiger partial charge in [-0.1, -0.05) is 62.4 Å². The number of carbonyl (C=O) groups excluding carboxylic acids is 1. The molecule has 0 aromatic heterocycles. The predicted octanol–water partition coefficient (Wildman–Crippen LogP) is 4.44. The molecule has 0 heterocycles. The molecule has 1 N–H and O–H groups in total. The second kappa shape index (κ2) is 7.23. The lowest BCUT2D eigenvalue weighted by Gasteiger charge is -2.20. The van der Waals surface area contributed by atoms with Crippen LogP contribution in [0.2, 0.25) is 0 Å². The van der Waals surface area contributed by atoms with Crippen molar-refractivity contribution < 1.29 is 9.53 Å². The molecule has 0 radical (unpaired) electrons. The molecule has 0 bridgehead atoms. The molecule has 0 aliphatic rings. The van der Waals surface area contributed by atoms with Crippen molar-refractivity contribution in [1.29, 1.82) is 0 Å². The fraction of sp³-hybridized carbons (Fsp3) is 0.316. The molecular weight excluding hydrogens is 274 g/mol. The Hall–Kier alpha value is -2.13. The molecule has 0 unspecified atom stereocenters. The van der Waals surface area contributed by atoms with E-state index in [1.807, 2.05) is 49.4 Å². The molecule has 0 saturated carbocycles. The zero-order chi connectivity index (χ0) is 16.1. The smallest absolute Gasteiger partial charge is 0.258 e. The quantitative estimate of drug-likeness (QED) is 0.885. The number of benzene rings is 2. The molecule has 0 saturated heterocycles. The second-order valence-electron chi connectivity index (χ2n) is 5.71. The molecule has 2 aromatic carbocycles. The number of methoxy groups -OCH3 is 1. The SMILES string of the molecule is CO[C@@H](C(=O)Nc1c(C)cccc1C(C)C)c1ccccc1. The minimum Gasteiger partial charge on any atom is -0.367 e. The molecule has 0 fully saturated rings. The van der Waals surface area contributed by atoms with Crippen LogP contribution in [0.25, 0.3) is 0 Å². The summed E-state index contributed by atoms with van der Waals surface area (Å²) >= 11 is 0. The van der Waals surface area contributed by atoms with E-state index in [1.165, 1.54) is 0 Å². The number of nitrogens with one attached hydrogen (secondary N) is 1. The molecule has 0 spiro atoms. The van der Waals surface area contributed by atoms with Gasteiger partial charge < -0.3 is 10.1 Å². The van der Waals surface area contributed by atoms with E-state index in [1.54, 1.807) is 7.11 Å². The van der Waals surface area contributed by atoms with Crippen molar-refractivity contribution in [3.05, 3.63) is 65.2 Å². The number of aryl methyl sites for hydroxylation is 1. The lowest BCUT2D eigenvalue weighted by atomic mass is 9.98. The Labute approximate surface area is 132 Å². The van der Waals surface area contributed by atoms with Crippen LogP contribution < -0.4 is 5.32 Å². The minimum absolute atomic E-state index is 0.148. The Bertz CT molecular complexity index is 635. The fourth-order valence-electron chi connectivity index (χ4n) is 2.55. The first-order chi connectivity index (χ1) is 10.5. The summed E-state index contributed by atoms with van der Waals surface area (Å²) in [5.41, 5.74) is 3.93. The molecule has 1 atom stereocenters. The van der Waals surface area contributed by atoms with Gasteiger partial charge in [0.1, 0.15) is 0 Å². The molecule has 1 amide bonds. The number of amides is 1. The summed E-state index contributed by atoms with van der Waals surface area (Å²) in [6.45, 7) is 6.25. The fourth-order valence-corrected chi connectivity index (χ4v) is 2.55. The molecule has 116 valence electrons. The monoisotopic (exact) mass is 297 g/mol. The molecule has 3 nitrogen and oxygen atoms in total. The summed E-state index contributed by atoms with van der Waals surface area (Å²) in [5.74, 6) is 0.192. The van der Waals surface area contributed by atoms with Crippen molar-refractivity contribution in [3.63, 3.8) is 0 Å². The first-order valence-electron chi connectivity index (χ1n) is 7.52. The van der Waals surface area contributed by atoms with Gasteiger partial charge in [0.25, 0.3) is 5.91 Å². The molecule has 2 aromatic rings. The second-order valence-corrected chi connectivity index (χ2v) is 5.71. The van der Waals surface area contributed by atoms with E-state index in [2.05, 4.69) is 25.2 Å². The van der Waals surface area contributed by atoms with Crippen LogP contribution in [0.4, 0.5) is 5.69 Å². The maximum absolute atomic E-state index is 12.6. The van der Waals surface area contributed by atoms with Crippen molar-refractivity contribution in [2.75, 3.05) is 12.4 Å². The summed E-state index contributed by atoms with van der Waals surface area (Å²) < 4.78 is 5.40. The Balaban J connectivity index is 2.29. The number of hydrogen-bond donors (Lipinski definition) is 1. The van der Waals surface area contributed by atoms with Gasteiger partial charge in [-0.3, -0.25) is 4.79 Å². The van der Waals surface area contributed by atoms with E-state index in [0.717, 1.165) is 22.4 Å². The van der Waals surface area contributed by atoms with Crippen molar-refractivity contribution in [1.82, 2.24) is 0 Å². The van der Waals surface area contributed by atoms with Gasteiger partial charge in [-0.2, -0.15) is 0 Å². The molecule has 2 rings (SSSR count). The summed E-state index contributed by atoms with van der Waals surface area (Å²) in [4.78, 5) is 12.6. The number of anilines is 1. The highest BCUT2D eigenvalue weighted by Crippen LogP contribution is 2.29. The Morgan fingerprint density at radius 1 is 1.05 bits per heavy atom. The van der Waals surface area contributed by atoms with Gasteiger partial charge in [0.05, 0.1) is 0 Å². The van der Waals surface area contributed by atoms with Crippen molar-refractivity contribution >= 4 is 11.6 Å². The summed E-state index contributed by atoms with van der Waals surface area (Å²) in [7, 11) is 1.55. The summed E-state index contributed by atoms with van der Waals surface area (Å²) in [6, 6.07) is 15.6. The average Bonchev–Trinajstić information content (AvgIpc) is 2.51. The van der Waals surface area contributed by atoms with Gasteiger partial charge in [0, 0.05) is 12.8 Å². The molecule has 0 aliphatic heterocycles. The summed E-state index contributed by atoms with van der Waals surface area (Å²) in [5, 5.41) is 3.05. The molecule has 3 heteroatoms. The Kier molecular flexibility index (Phi) is 5.34. The van der Waals surface area contributed by atoms with Gasteiger partial charge in [0.15, 0.2) is 6.10 Å². The predicted molar refractivity (Wildman–Crippen MR) is 90.1 cm³/mol. The third kappa shape index (κ3) is 3.55. The normalized spacial score (nSPS) is 12.2. The molecule has 22 heavy (non-hydrogen) atoms. The third-order valence-electron chi connectivity index (χ3n) is 3.75. The number of para-hydroxylation sites is 1. The first-order valence-corrected chi connectivity index (χ1v) is 7.52. The maximum atomic E-state index is 12.6. The molecule has 0 aliphatic carbocycles. The van der Waals surface area contributed by atoms with Crippen LogP contribution in [-0.4, -0.2) is 13.0 Å². The average molecular weight is 297 g/mol. The Morgan fingerprint density at radius 2 is 1.73 bits per heavy atom. The van der Waals surface area contributed by atoms with Gasteiger partial charge >= 0.3 is 0 Å². The summed E-state index contributed by atoms with van der Waals surface area (Å²) in [6.07, 6.45) is -0.610. The standard InChI is InChI=1S/C19H23NO2/c1-13(2)16-12-8-9-14(3)17(16)20-19(21)18(22-4)15-10-6-5-7-11-15/h5-13,18H,1-4H3,(H,20,21)/t18-/m1/s1. The minimum atomic E-state index is -0.610. The van der Waals surface area contributed by atoms with Crippen LogP contribution in [0.15, 0.2) is 48.5 Å². The van der Waals surface area contributed by atoms with Crippen LogP contribution >= 0.6 is 0 Å². The number of carbonyl (C=O) groups is 1. The lowest BCUT2D eigenvalue weighted by Crippen LogP contribution is -2.23. The largest absolute Gasteiger partial charge is 0.367 e. The van der Waals surface area contributed by atoms with Gasteiger partial charge in [-0.25, -0.2) is 0 Å². The highest BCUT2D eigenvalue weighted by Gasteiger charge is 2.21. The van der Waals surface area contributed by atoms with Crippen molar-refractivity contribution in [2.45, 2.75) is 32.8 Å². The van der Waals surface area contributed by atoms with Crippen LogP contribution in [0.5, 0.6) is 0 Å².